The number of aromatic nitrogens is 4. The van der Waals surface area contributed by atoms with E-state index in [1.54, 1.807) is 23.9 Å². The molecule has 7 heteroatoms. The molecule has 2 aromatic heterocycles. The molecule has 0 atom stereocenters. The fourth-order valence-electron chi connectivity index (χ4n) is 2.89. The number of aryl methyl sites for hydroxylation is 1. The SMILES string of the molecule is C=CCn1c(CN(C)Cc2cccc(C)n2)nnc1SCc1cccc(F)c1. The Morgan fingerprint density at radius 1 is 1.18 bits per heavy atom. The van der Waals surface area contributed by atoms with Gasteiger partial charge in [-0.3, -0.25) is 9.88 Å². The Kier molecular flexibility index (Phi) is 6.95. The molecule has 0 spiro atoms. The first kappa shape index (κ1) is 20.2. The van der Waals surface area contributed by atoms with Gasteiger partial charge in [0.1, 0.15) is 11.6 Å². The minimum absolute atomic E-state index is 0.224. The van der Waals surface area contributed by atoms with Crippen LogP contribution < -0.4 is 0 Å². The van der Waals surface area contributed by atoms with Crippen LogP contribution >= 0.6 is 11.8 Å². The zero-order chi connectivity index (χ0) is 19.9. The molecule has 0 aliphatic heterocycles. The van der Waals surface area contributed by atoms with E-state index in [9.17, 15) is 4.39 Å². The lowest BCUT2D eigenvalue weighted by molar-refractivity contribution is 0.301. The minimum atomic E-state index is -0.224. The summed E-state index contributed by atoms with van der Waals surface area (Å²) in [5.41, 5.74) is 2.96. The molecule has 0 aliphatic carbocycles. The maximum absolute atomic E-state index is 13.4. The molecule has 3 rings (SSSR count). The number of thioether (sulfide) groups is 1. The molecule has 0 unspecified atom stereocenters. The summed E-state index contributed by atoms with van der Waals surface area (Å²) in [6.45, 7) is 7.85. The van der Waals surface area contributed by atoms with Crippen molar-refractivity contribution in [2.75, 3.05) is 7.05 Å². The van der Waals surface area contributed by atoms with E-state index in [1.807, 2.05) is 44.3 Å². The van der Waals surface area contributed by atoms with Crippen molar-refractivity contribution in [1.82, 2.24) is 24.6 Å². The van der Waals surface area contributed by atoms with Gasteiger partial charge in [-0.1, -0.05) is 36.0 Å². The zero-order valence-electron chi connectivity index (χ0n) is 16.2. The van der Waals surface area contributed by atoms with Crippen molar-refractivity contribution >= 4 is 11.8 Å². The largest absolute Gasteiger partial charge is 0.301 e. The van der Waals surface area contributed by atoms with E-state index in [2.05, 4.69) is 31.2 Å². The number of halogens is 1. The highest BCUT2D eigenvalue weighted by Crippen LogP contribution is 2.23. The Morgan fingerprint density at radius 2 is 2.00 bits per heavy atom. The van der Waals surface area contributed by atoms with Crippen LogP contribution in [0, 0.1) is 12.7 Å². The quantitative estimate of drug-likeness (QED) is 0.399. The van der Waals surface area contributed by atoms with E-state index in [-0.39, 0.29) is 5.82 Å². The fraction of sp³-hybridized carbons (Fsp3) is 0.286. The molecule has 0 fully saturated rings. The Bertz CT molecular complexity index is 940. The van der Waals surface area contributed by atoms with E-state index in [4.69, 9.17) is 0 Å². The number of hydrogen-bond acceptors (Lipinski definition) is 5. The lowest BCUT2D eigenvalue weighted by Gasteiger charge is -2.16. The van der Waals surface area contributed by atoms with Gasteiger partial charge in [0.25, 0.3) is 0 Å². The molecule has 0 saturated heterocycles. The summed E-state index contributed by atoms with van der Waals surface area (Å²) in [6.07, 6.45) is 1.83. The van der Waals surface area contributed by atoms with Gasteiger partial charge in [0, 0.05) is 24.5 Å². The van der Waals surface area contributed by atoms with Crippen LogP contribution in [0.5, 0.6) is 0 Å². The van der Waals surface area contributed by atoms with Crippen LogP contribution in [0.1, 0.15) is 22.8 Å². The van der Waals surface area contributed by atoms with Crippen LogP contribution in [0.4, 0.5) is 4.39 Å². The summed E-state index contributed by atoms with van der Waals surface area (Å²) in [4.78, 5) is 6.71. The third-order valence-corrected chi connectivity index (χ3v) is 5.19. The standard InChI is InChI=1S/C21H24FN5S/c1-4-11-27-20(14-26(3)13-19-10-5-7-16(2)23-19)24-25-21(27)28-15-17-8-6-9-18(22)12-17/h4-10,12H,1,11,13-15H2,2-3H3. The molecular formula is C21H24FN5S. The van der Waals surface area contributed by atoms with E-state index in [0.717, 1.165) is 34.5 Å². The second-order valence-corrected chi connectivity index (χ2v) is 7.60. The number of allylic oxidation sites excluding steroid dienone is 1. The monoisotopic (exact) mass is 397 g/mol. The Hall–Kier alpha value is -2.51. The van der Waals surface area contributed by atoms with Gasteiger partial charge in [0.15, 0.2) is 5.16 Å². The zero-order valence-corrected chi connectivity index (χ0v) is 17.0. The molecule has 0 amide bonds. The average Bonchev–Trinajstić information content (AvgIpc) is 3.02. The summed E-state index contributed by atoms with van der Waals surface area (Å²) in [6, 6.07) is 12.7. The molecule has 0 radical (unpaired) electrons. The first-order chi connectivity index (χ1) is 13.5. The van der Waals surface area contributed by atoms with Gasteiger partial charge in [-0.05, 0) is 43.8 Å². The van der Waals surface area contributed by atoms with Crippen LogP contribution in [0.25, 0.3) is 0 Å². The van der Waals surface area contributed by atoms with Crippen molar-refractivity contribution in [3.8, 4) is 0 Å². The highest BCUT2D eigenvalue weighted by Gasteiger charge is 2.14. The van der Waals surface area contributed by atoms with Crippen LogP contribution in [0.15, 0.2) is 60.3 Å². The number of nitrogens with zero attached hydrogens (tertiary/aromatic N) is 5. The van der Waals surface area contributed by atoms with E-state index >= 15 is 0 Å². The third kappa shape index (κ3) is 5.50. The van der Waals surface area contributed by atoms with Gasteiger partial charge < -0.3 is 4.57 Å². The van der Waals surface area contributed by atoms with Crippen molar-refractivity contribution < 1.29 is 4.39 Å². The number of hydrogen-bond donors (Lipinski definition) is 0. The predicted molar refractivity (Wildman–Crippen MR) is 110 cm³/mol. The molecular weight excluding hydrogens is 373 g/mol. The Labute approximate surface area is 169 Å². The molecule has 2 heterocycles. The summed E-state index contributed by atoms with van der Waals surface area (Å²) >= 11 is 1.55. The topological polar surface area (TPSA) is 46.8 Å². The Balaban J connectivity index is 1.68. The third-order valence-electron chi connectivity index (χ3n) is 4.15. The molecule has 5 nitrogen and oxygen atoms in total. The lowest BCUT2D eigenvalue weighted by Crippen LogP contribution is -2.21. The van der Waals surface area contributed by atoms with Gasteiger partial charge in [-0.25, -0.2) is 4.39 Å². The number of rotatable bonds is 9. The van der Waals surface area contributed by atoms with Crippen molar-refractivity contribution in [1.29, 1.82) is 0 Å². The average molecular weight is 398 g/mol. The molecule has 3 aromatic rings. The van der Waals surface area contributed by atoms with Crippen molar-refractivity contribution in [2.24, 2.45) is 0 Å². The van der Waals surface area contributed by atoms with Gasteiger partial charge in [-0.2, -0.15) is 0 Å². The summed E-state index contributed by atoms with van der Waals surface area (Å²) in [5.74, 6) is 1.28. The number of benzene rings is 1. The van der Waals surface area contributed by atoms with Gasteiger partial charge >= 0.3 is 0 Å². The second-order valence-electron chi connectivity index (χ2n) is 6.66. The minimum Gasteiger partial charge on any atom is -0.301 e. The summed E-state index contributed by atoms with van der Waals surface area (Å²) in [7, 11) is 2.04. The highest BCUT2D eigenvalue weighted by molar-refractivity contribution is 7.98. The van der Waals surface area contributed by atoms with Gasteiger partial charge in [0.2, 0.25) is 0 Å². The van der Waals surface area contributed by atoms with E-state index in [0.29, 0.717) is 18.8 Å². The summed E-state index contributed by atoms with van der Waals surface area (Å²) in [5, 5.41) is 9.52. The maximum atomic E-state index is 13.4. The predicted octanol–water partition coefficient (Wildman–Crippen LogP) is 4.23. The van der Waals surface area contributed by atoms with Gasteiger partial charge in [0.05, 0.1) is 12.2 Å². The second kappa shape index (κ2) is 9.61. The fourth-order valence-corrected chi connectivity index (χ4v) is 3.80. The van der Waals surface area contributed by atoms with Gasteiger partial charge in [-0.15, -0.1) is 16.8 Å². The van der Waals surface area contributed by atoms with E-state index in [1.165, 1.54) is 6.07 Å². The maximum Gasteiger partial charge on any atom is 0.191 e. The van der Waals surface area contributed by atoms with Crippen molar-refractivity contribution in [3.05, 3.63) is 83.7 Å². The smallest absolute Gasteiger partial charge is 0.191 e. The van der Waals surface area contributed by atoms with Crippen molar-refractivity contribution in [3.63, 3.8) is 0 Å². The molecule has 146 valence electrons. The molecule has 28 heavy (non-hydrogen) atoms. The summed E-state index contributed by atoms with van der Waals surface area (Å²) < 4.78 is 15.4. The number of pyridine rings is 1. The Morgan fingerprint density at radius 3 is 2.75 bits per heavy atom. The van der Waals surface area contributed by atoms with Crippen LogP contribution in [-0.2, 0) is 25.4 Å². The molecule has 0 aliphatic rings. The highest BCUT2D eigenvalue weighted by atomic mass is 32.2. The molecule has 0 bridgehead atoms. The van der Waals surface area contributed by atoms with Crippen molar-refractivity contribution in [2.45, 2.75) is 37.5 Å². The first-order valence-corrected chi connectivity index (χ1v) is 10.0. The first-order valence-electron chi connectivity index (χ1n) is 9.06. The molecule has 0 N–H and O–H groups in total. The lowest BCUT2D eigenvalue weighted by atomic mass is 10.2. The molecule has 1 aromatic carbocycles. The van der Waals surface area contributed by atoms with Crippen LogP contribution in [0.3, 0.4) is 0 Å². The van der Waals surface area contributed by atoms with Crippen LogP contribution in [-0.4, -0.2) is 31.7 Å². The normalized spacial score (nSPS) is 11.1. The van der Waals surface area contributed by atoms with E-state index < -0.39 is 0 Å². The molecule has 0 saturated carbocycles. The van der Waals surface area contributed by atoms with Crippen LogP contribution in [0.2, 0.25) is 0 Å².